The van der Waals surface area contributed by atoms with Crippen LogP contribution in [0.2, 0.25) is 0 Å². The Bertz CT molecular complexity index is 1070. The molecule has 8 heteroatoms. The fourth-order valence-corrected chi connectivity index (χ4v) is 3.46. The first-order valence-corrected chi connectivity index (χ1v) is 8.97. The third-order valence-corrected chi connectivity index (χ3v) is 4.83. The van der Waals surface area contributed by atoms with Gasteiger partial charge in [-0.15, -0.1) is 0 Å². The zero-order valence-electron chi connectivity index (χ0n) is 15.4. The lowest BCUT2D eigenvalue weighted by molar-refractivity contribution is -0.384. The molecule has 0 saturated carbocycles. The van der Waals surface area contributed by atoms with Crippen LogP contribution >= 0.6 is 0 Å². The van der Waals surface area contributed by atoms with Gasteiger partial charge >= 0.3 is 0 Å². The molecule has 1 aliphatic rings. The predicted molar refractivity (Wildman–Crippen MR) is 109 cm³/mol. The lowest BCUT2D eigenvalue weighted by Crippen LogP contribution is -2.30. The molecule has 0 fully saturated rings. The zero-order chi connectivity index (χ0) is 19.7. The molecule has 3 aromatic rings. The van der Waals surface area contributed by atoms with Gasteiger partial charge in [0.15, 0.2) is 0 Å². The average molecular weight is 376 g/mol. The van der Waals surface area contributed by atoms with Crippen LogP contribution in [0.3, 0.4) is 0 Å². The lowest BCUT2D eigenvalue weighted by atomic mass is 9.99. The van der Waals surface area contributed by atoms with Crippen LogP contribution in [0.5, 0.6) is 0 Å². The molecule has 0 radical (unpaired) electrons. The number of anilines is 2. The highest BCUT2D eigenvalue weighted by atomic mass is 16.6. The molecule has 2 N–H and O–H groups in total. The maximum Gasteiger partial charge on any atom is 0.293 e. The summed E-state index contributed by atoms with van der Waals surface area (Å²) in [5.74, 6) is 0.270. The molecule has 0 aliphatic carbocycles. The number of nitro groups is 1. The number of fused-ring (bicyclic) bond motifs is 1. The molecule has 28 heavy (non-hydrogen) atoms. The maximum absolute atomic E-state index is 11.7. The van der Waals surface area contributed by atoms with Crippen LogP contribution in [-0.2, 0) is 13.0 Å². The van der Waals surface area contributed by atoms with Crippen LogP contribution in [-0.4, -0.2) is 27.3 Å². The molecule has 2 aromatic carbocycles. The summed E-state index contributed by atoms with van der Waals surface area (Å²) in [6.07, 6.45) is 4.11. The molecule has 1 aliphatic heterocycles. The predicted octanol–water partition coefficient (Wildman–Crippen LogP) is 3.13. The normalized spacial score (nSPS) is 13.7. The average Bonchev–Trinajstić information content (AvgIpc) is 3.02. The first kappa shape index (κ1) is 17.7. The quantitative estimate of drug-likeness (QED) is 0.428. The van der Waals surface area contributed by atoms with Gasteiger partial charge in [-0.05, 0) is 30.5 Å². The van der Waals surface area contributed by atoms with E-state index in [1.165, 1.54) is 15.8 Å². The van der Waals surface area contributed by atoms with Gasteiger partial charge in [-0.1, -0.05) is 30.3 Å². The molecule has 0 saturated heterocycles. The Hall–Kier alpha value is -3.68. The smallest absolute Gasteiger partial charge is 0.293 e. The number of hydrogen-bond acceptors (Lipinski definition) is 6. The van der Waals surface area contributed by atoms with Crippen molar-refractivity contribution in [1.82, 2.24) is 9.66 Å². The van der Waals surface area contributed by atoms with Crippen LogP contribution in [0.1, 0.15) is 22.4 Å². The summed E-state index contributed by atoms with van der Waals surface area (Å²) in [7, 11) is 0. The van der Waals surface area contributed by atoms with Gasteiger partial charge in [-0.25, -0.2) is 9.66 Å². The monoisotopic (exact) mass is 376 g/mol. The summed E-state index contributed by atoms with van der Waals surface area (Å²) >= 11 is 0. The molecule has 142 valence electrons. The van der Waals surface area contributed by atoms with Crippen molar-refractivity contribution >= 4 is 23.5 Å². The van der Waals surface area contributed by atoms with Crippen LogP contribution in [0, 0.1) is 17.0 Å². The summed E-state index contributed by atoms with van der Waals surface area (Å²) in [5.41, 5.74) is 10.3. The first-order valence-electron chi connectivity index (χ1n) is 8.97. The van der Waals surface area contributed by atoms with Crippen molar-refractivity contribution in [2.45, 2.75) is 19.9 Å². The van der Waals surface area contributed by atoms with Gasteiger partial charge in [0.05, 0.1) is 23.0 Å². The Balaban J connectivity index is 1.63. The summed E-state index contributed by atoms with van der Waals surface area (Å²) < 4.78 is 1.44. The second-order valence-corrected chi connectivity index (χ2v) is 6.78. The molecule has 4 rings (SSSR count). The SMILES string of the molecule is Cc1cn(N=Cc2ccc(N3CCc4ccccc4C3)c([N+](=O)[O-])c2)c(N)n1. The second-order valence-electron chi connectivity index (χ2n) is 6.78. The first-order chi connectivity index (χ1) is 13.5. The topological polar surface area (TPSA) is 103 Å². The van der Waals surface area contributed by atoms with E-state index in [4.69, 9.17) is 5.73 Å². The molecule has 2 heterocycles. The second kappa shape index (κ2) is 7.15. The van der Waals surface area contributed by atoms with E-state index in [-0.39, 0.29) is 16.6 Å². The molecular formula is C20H20N6O2. The van der Waals surface area contributed by atoms with Crippen LogP contribution in [0.15, 0.2) is 53.8 Å². The molecule has 0 amide bonds. The van der Waals surface area contributed by atoms with Crippen molar-refractivity contribution < 1.29 is 4.92 Å². The number of rotatable bonds is 4. The fourth-order valence-electron chi connectivity index (χ4n) is 3.46. The summed E-state index contributed by atoms with van der Waals surface area (Å²) in [6.45, 7) is 3.23. The van der Waals surface area contributed by atoms with E-state index in [2.05, 4.69) is 27.1 Å². The third kappa shape index (κ3) is 3.44. The van der Waals surface area contributed by atoms with Crippen molar-refractivity contribution in [3.05, 3.63) is 81.2 Å². The van der Waals surface area contributed by atoms with Crippen molar-refractivity contribution in [3.8, 4) is 0 Å². The summed E-state index contributed by atoms with van der Waals surface area (Å²) in [6, 6.07) is 13.4. The van der Waals surface area contributed by atoms with E-state index in [1.807, 2.05) is 25.1 Å². The van der Waals surface area contributed by atoms with Gasteiger partial charge in [0.25, 0.3) is 5.69 Å². The highest BCUT2D eigenvalue weighted by molar-refractivity contribution is 5.83. The van der Waals surface area contributed by atoms with E-state index < -0.39 is 0 Å². The van der Waals surface area contributed by atoms with E-state index in [0.717, 1.165) is 18.7 Å². The molecule has 8 nitrogen and oxygen atoms in total. The number of nitrogens with zero attached hydrogens (tertiary/aromatic N) is 5. The standard InChI is InChI=1S/C20H20N6O2/c1-14-12-25(20(21)23-14)22-11-15-6-7-18(19(10-15)26(27)28)24-9-8-16-4-2-3-5-17(16)13-24/h2-7,10-12H,8-9,13H2,1H3,(H2,21,23). The number of hydrogen-bond donors (Lipinski definition) is 1. The van der Waals surface area contributed by atoms with Gasteiger partial charge in [-0.2, -0.15) is 5.10 Å². The Morgan fingerprint density at radius 3 is 2.75 bits per heavy atom. The number of benzene rings is 2. The Morgan fingerprint density at radius 1 is 1.25 bits per heavy atom. The highest BCUT2D eigenvalue weighted by Gasteiger charge is 2.23. The summed E-state index contributed by atoms with van der Waals surface area (Å²) in [4.78, 5) is 17.5. The van der Waals surface area contributed by atoms with E-state index in [9.17, 15) is 10.1 Å². The largest absolute Gasteiger partial charge is 0.368 e. The number of imidazole rings is 1. The van der Waals surface area contributed by atoms with Gasteiger partial charge in [0.2, 0.25) is 5.95 Å². The van der Waals surface area contributed by atoms with Gasteiger partial charge in [0, 0.05) is 24.7 Å². The number of nitro benzene ring substituents is 1. The zero-order valence-corrected chi connectivity index (χ0v) is 15.4. The third-order valence-electron chi connectivity index (χ3n) is 4.83. The van der Waals surface area contributed by atoms with Gasteiger partial charge in [0.1, 0.15) is 5.69 Å². The van der Waals surface area contributed by atoms with Crippen LogP contribution in [0.25, 0.3) is 0 Å². The number of aromatic nitrogens is 2. The van der Waals surface area contributed by atoms with Gasteiger partial charge in [-0.3, -0.25) is 10.1 Å². The van der Waals surface area contributed by atoms with Crippen molar-refractivity contribution in [2.75, 3.05) is 17.2 Å². The number of nitrogens with two attached hydrogens (primary N) is 1. The maximum atomic E-state index is 11.7. The van der Waals surface area contributed by atoms with Gasteiger partial charge < -0.3 is 10.6 Å². The van der Waals surface area contributed by atoms with Crippen molar-refractivity contribution in [1.29, 1.82) is 0 Å². The fraction of sp³-hybridized carbons (Fsp3) is 0.200. The molecule has 0 bridgehead atoms. The minimum absolute atomic E-state index is 0.0677. The minimum atomic E-state index is -0.344. The molecule has 0 spiro atoms. The molecule has 0 unspecified atom stereocenters. The van der Waals surface area contributed by atoms with E-state index in [0.29, 0.717) is 17.8 Å². The van der Waals surface area contributed by atoms with Crippen molar-refractivity contribution in [3.63, 3.8) is 0 Å². The van der Waals surface area contributed by atoms with E-state index >= 15 is 0 Å². The Kier molecular flexibility index (Phi) is 4.52. The van der Waals surface area contributed by atoms with Crippen molar-refractivity contribution in [2.24, 2.45) is 5.10 Å². The van der Waals surface area contributed by atoms with Crippen LogP contribution in [0.4, 0.5) is 17.3 Å². The highest BCUT2D eigenvalue weighted by Crippen LogP contribution is 2.32. The Labute approximate surface area is 162 Å². The van der Waals surface area contributed by atoms with E-state index in [1.54, 1.807) is 24.5 Å². The van der Waals surface area contributed by atoms with Crippen LogP contribution < -0.4 is 10.6 Å². The Morgan fingerprint density at radius 2 is 2.04 bits per heavy atom. The summed E-state index contributed by atoms with van der Waals surface area (Å²) in [5, 5.41) is 15.9. The molecular weight excluding hydrogens is 356 g/mol. The number of nitrogen functional groups attached to an aromatic ring is 1. The molecule has 1 aromatic heterocycles. The number of aryl methyl sites for hydroxylation is 1. The molecule has 0 atom stereocenters. The lowest BCUT2D eigenvalue weighted by Gasteiger charge is -2.30. The minimum Gasteiger partial charge on any atom is -0.368 e.